The van der Waals surface area contributed by atoms with Crippen LogP contribution in [0.5, 0.6) is 0 Å². The normalized spacial score (nSPS) is 25.3. The number of likely N-dealkylation sites (tertiary alicyclic amines) is 1. The quantitative estimate of drug-likeness (QED) is 0.869. The van der Waals surface area contributed by atoms with Crippen LogP contribution in [0.15, 0.2) is 18.2 Å². The van der Waals surface area contributed by atoms with Gasteiger partial charge in [-0.15, -0.1) is 0 Å². The van der Waals surface area contributed by atoms with Crippen molar-refractivity contribution in [1.29, 1.82) is 0 Å². The molecule has 2 N–H and O–H groups in total. The molecule has 0 saturated carbocycles. The van der Waals surface area contributed by atoms with Gasteiger partial charge in [-0.05, 0) is 55.5 Å². The number of nitrogens with zero attached hydrogens (tertiary/aromatic N) is 1. The monoisotopic (exact) mass is 361 g/mol. The van der Waals surface area contributed by atoms with Gasteiger partial charge in [-0.25, -0.2) is 0 Å². The van der Waals surface area contributed by atoms with Gasteiger partial charge >= 0.3 is 0 Å². The van der Waals surface area contributed by atoms with E-state index in [1.54, 1.807) is 0 Å². The zero-order chi connectivity index (χ0) is 17.6. The van der Waals surface area contributed by atoms with Crippen LogP contribution in [-0.4, -0.2) is 42.9 Å². The van der Waals surface area contributed by atoms with Gasteiger partial charge in [0.05, 0.1) is 5.92 Å². The third kappa shape index (κ3) is 3.04. The molecule has 0 radical (unpaired) electrons. The molecule has 134 valence electrons. The Balaban J connectivity index is 1.41. The van der Waals surface area contributed by atoms with Gasteiger partial charge in [0.2, 0.25) is 11.8 Å². The lowest BCUT2D eigenvalue weighted by Gasteiger charge is -2.39. The number of carbonyl (C=O) groups excluding carboxylic acids is 2. The Kier molecular flexibility index (Phi) is 4.46. The Morgan fingerprint density at radius 2 is 2.00 bits per heavy atom. The van der Waals surface area contributed by atoms with Crippen LogP contribution < -0.4 is 10.6 Å². The van der Waals surface area contributed by atoms with Crippen molar-refractivity contribution in [2.24, 2.45) is 17.8 Å². The van der Waals surface area contributed by atoms with E-state index in [-0.39, 0.29) is 29.6 Å². The fraction of sp³-hybridized carbons (Fsp3) is 0.579. The second-order valence-electron chi connectivity index (χ2n) is 7.57. The highest BCUT2D eigenvalue weighted by Gasteiger charge is 2.40. The van der Waals surface area contributed by atoms with Crippen LogP contribution >= 0.6 is 11.6 Å². The van der Waals surface area contributed by atoms with Crippen molar-refractivity contribution in [3.05, 3.63) is 28.8 Å². The Bertz CT molecular complexity index is 696. The standard InChI is InChI=1S/C19H24ClN3O2/c1-11(13-9-21-10-13)19(25)23-6-4-12(5-7-23)17-15-3-2-14(20)8-16(15)22-18(17)24/h2-3,8,11-13,17,21H,4-7,9-10H2,1H3,(H,22,24). The van der Waals surface area contributed by atoms with Crippen LogP contribution in [0.25, 0.3) is 0 Å². The van der Waals surface area contributed by atoms with E-state index < -0.39 is 0 Å². The summed E-state index contributed by atoms with van der Waals surface area (Å²) in [6.45, 7) is 5.45. The summed E-state index contributed by atoms with van der Waals surface area (Å²) in [6, 6.07) is 5.63. The molecule has 3 heterocycles. The summed E-state index contributed by atoms with van der Waals surface area (Å²) in [7, 11) is 0. The van der Waals surface area contributed by atoms with E-state index in [9.17, 15) is 9.59 Å². The van der Waals surface area contributed by atoms with Gasteiger partial charge in [0.1, 0.15) is 0 Å². The first-order chi connectivity index (χ1) is 12.0. The third-order valence-electron chi connectivity index (χ3n) is 6.12. The number of carbonyl (C=O) groups is 2. The van der Waals surface area contributed by atoms with E-state index in [1.165, 1.54) is 0 Å². The highest BCUT2D eigenvalue weighted by atomic mass is 35.5. The molecule has 25 heavy (non-hydrogen) atoms. The summed E-state index contributed by atoms with van der Waals surface area (Å²) in [4.78, 5) is 27.1. The maximum atomic E-state index is 12.7. The van der Waals surface area contributed by atoms with Crippen molar-refractivity contribution in [2.45, 2.75) is 25.7 Å². The summed E-state index contributed by atoms with van der Waals surface area (Å²) < 4.78 is 0. The number of piperidine rings is 1. The fourth-order valence-corrected chi connectivity index (χ4v) is 4.51. The second kappa shape index (κ2) is 6.61. The fourth-order valence-electron chi connectivity index (χ4n) is 4.34. The summed E-state index contributed by atoms with van der Waals surface area (Å²) in [5.74, 6) is 1.08. The van der Waals surface area contributed by atoms with Crippen LogP contribution in [0.2, 0.25) is 5.02 Å². The molecule has 2 unspecified atom stereocenters. The Labute approximate surface area is 153 Å². The van der Waals surface area contributed by atoms with Gasteiger partial charge in [0.25, 0.3) is 0 Å². The average Bonchev–Trinajstić information content (AvgIpc) is 2.87. The molecule has 5 nitrogen and oxygen atoms in total. The number of amides is 2. The van der Waals surface area contributed by atoms with E-state index in [2.05, 4.69) is 10.6 Å². The molecule has 2 atom stereocenters. The van der Waals surface area contributed by atoms with Crippen LogP contribution in [-0.2, 0) is 9.59 Å². The summed E-state index contributed by atoms with van der Waals surface area (Å²) in [5, 5.41) is 6.83. The van der Waals surface area contributed by atoms with Crippen molar-refractivity contribution in [2.75, 3.05) is 31.5 Å². The molecular weight excluding hydrogens is 338 g/mol. The first-order valence-electron chi connectivity index (χ1n) is 9.14. The predicted octanol–water partition coefficient (Wildman–Crippen LogP) is 2.47. The van der Waals surface area contributed by atoms with Crippen molar-refractivity contribution >= 4 is 29.1 Å². The van der Waals surface area contributed by atoms with Crippen molar-refractivity contribution in [1.82, 2.24) is 10.2 Å². The van der Waals surface area contributed by atoms with Crippen LogP contribution in [0.4, 0.5) is 5.69 Å². The number of hydrogen-bond acceptors (Lipinski definition) is 3. The Hall–Kier alpha value is -1.59. The molecule has 2 fully saturated rings. The molecule has 0 aliphatic carbocycles. The SMILES string of the molecule is CC(C(=O)N1CCC(C2C(=O)Nc3cc(Cl)ccc32)CC1)C1CNC1. The van der Waals surface area contributed by atoms with Crippen molar-refractivity contribution in [3.63, 3.8) is 0 Å². The molecular formula is C19H24ClN3O2. The van der Waals surface area contributed by atoms with Gasteiger partial charge in [-0.3, -0.25) is 9.59 Å². The van der Waals surface area contributed by atoms with Gasteiger partial charge in [-0.2, -0.15) is 0 Å². The summed E-state index contributed by atoms with van der Waals surface area (Å²) >= 11 is 6.03. The van der Waals surface area contributed by atoms with E-state index in [4.69, 9.17) is 11.6 Å². The second-order valence-corrected chi connectivity index (χ2v) is 8.00. The van der Waals surface area contributed by atoms with Crippen LogP contribution in [0.1, 0.15) is 31.2 Å². The lowest BCUT2D eigenvalue weighted by molar-refractivity contribution is -0.139. The van der Waals surface area contributed by atoms with E-state index in [0.717, 1.165) is 50.3 Å². The molecule has 2 saturated heterocycles. The largest absolute Gasteiger partial charge is 0.342 e. The van der Waals surface area contributed by atoms with Crippen molar-refractivity contribution < 1.29 is 9.59 Å². The van der Waals surface area contributed by atoms with E-state index in [0.29, 0.717) is 10.9 Å². The number of nitrogens with one attached hydrogen (secondary N) is 2. The molecule has 1 aromatic rings. The molecule has 0 aromatic heterocycles. The molecule has 3 aliphatic rings. The number of benzene rings is 1. The van der Waals surface area contributed by atoms with Gasteiger partial charge < -0.3 is 15.5 Å². The molecule has 1 aromatic carbocycles. The minimum absolute atomic E-state index is 0.0657. The smallest absolute Gasteiger partial charge is 0.232 e. The maximum absolute atomic E-state index is 12.7. The summed E-state index contributed by atoms with van der Waals surface area (Å²) in [6.07, 6.45) is 1.75. The Morgan fingerprint density at radius 1 is 1.28 bits per heavy atom. The Morgan fingerprint density at radius 3 is 2.64 bits per heavy atom. The molecule has 2 amide bonds. The lowest BCUT2D eigenvalue weighted by Crippen LogP contribution is -2.51. The molecule has 0 spiro atoms. The van der Waals surface area contributed by atoms with Crippen LogP contribution in [0, 0.1) is 17.8 Å². The van der Waals surface area contributed by atoms with Gasteiger partial charge in [-0.1, -0.05) is 24.6 Å². The van der Waals surface area contributed by atoms with Crippen molar-refractivity contribution in [3.8, 4) is 0 Å². The third-order valence-corrected chi connectivity index (χ3v) is 6.36. The number of halogens is 1. The van der Waals surface area contributed by atoms with E-state index in [1.807, 2.05) is 30.0 Å². The number of hydrogen-bond donors (Lipinski definition) is 2. The number of fused-ring (bicyclic) bond motifs is 1. The lowest BCUT2D eigenvalue weighted by atomic mass is 9.80. The zero-order valence-electron chi connectivity index (χ0n) is 14.4. The highest BCUT2D eigenvalue weighted by Crippen LogP contribution is 2.42. The number of rotatable bonds is 3. The predicted molar refractivity (Wildman–Crippen MR) is 97.7 cm³/mol. The molecule has 6 heteroatoms. The van der Waals surface area contributed by atoms with Gasteiger partial charge in [0, 0.05) is 29.7 Å². The number of anilines is 1. The maximum Gasteiger partial charge on any atom is 0.232 e. The van der Waals surface area contributed by atoms with E-state index >= 15 is 0 Å². The molecule has 0 bridgehead atoms. The first kappa shape index (κ1) is 16.9. The minimum Gasteiger partial charge on any atom is -0.342 e. The zero-order valence-corrected chi connectivity index (χ0v) is 15.2. The van der Waals surface area contributed by atoms with Gasteiger partial charge in [0.15, 0.2) is 0 Å². The highest BCUT2D eigenvalue weighted by molar-refractivity contribution is 6.31. The average molecular weight is 362 g/mol. The molecule has 3 aliphatic heterocycles. The minimum atomic E-state index is -0.113. The van der Waals surface area contributed by atoms with Crippen LogP contribution in [0.3, 0.4) is 0 Å². The summed E-state index contributed by atoms with van der Waals surface area (Å²) in [5.41, 5.74) is 1.89. The topological polar surface area (TPSA) is 61.4 Å². The molecule has 4 rings (SSSR count). The first-order valence-corrected chi connectivity index (χ1v) is 9.52.